The predicted octanol–water partition coefficient (Wildman–Crippen LogP) is 6.32. The Balaban J connectivity index is 1.80. The molecule has 7 heteroatoms. The molecular formula is C30H41N3O4. The van der Waals surface area contributed by atoms with Crippen molar-refractivity contribution < 1.29 is 19.5 Å². The molecule has 7 nitrogen and oxygen atoms in total. The lowest BCUT2D eigenvalue weighted by atomic mass is 9.89. The van der Waals surface area contributed by atoms with Crippen molar-refractivity contribution in [2.24, 2.45) is 5.92 Å². The summed E-state index contributed by atoms with van der Waals surface area (Å²) in [5.41, 5.74) is 1.33. The zero-order valence-electron chi connectivity index (χ0n) is 22.2. The van der Waals surface area contributed by atoms with Gasteiger partial charge in [-0.3, -0.25) is 9.69 Å². The van der Waals surface area contributed by atoms with Gasteiger partial charge in [-0.05, 0) is 49.9 Å². The first kappa shape index (κ1) is 28.2. The summed E-state index contributed by atoms with van der Waals surface area (Å²) in [6, 6.07) is 17.0. The molecule has 0 saturated carbocycles. The number of carbonyl (C=O) groups excluding carboxylic acids is 2. The van der Waals surface area contributed by atoms with Gasteiger partial charge in [-0.25, -0.2) is 9.59 Å². The van der Waals surface area contributed by atoms with Gasteiger partial charge < -0.3 is 14.9 Å². The first-order valence-electron chi connectivity index (χ1n) is 13.7. The number of hydrogen-bond donors (Lipinski definition) is 1. The molecule has 200 valence electrons. The third-order valence-corrected chi connectivity index (χ3v) is 7.08. The van der Waals surface area contributed by atoms with Gasteiger partial charge in [0, 0.05) is 25.6 Å². The fraction of sp³-hybridized carbons (Fsp3) is 0.500. The van der Waals surface area contributed by atoms with E-state index < -0.39 is 24.0 Å². The summed E-state index contributed by atoms with van der Waals surface area (Å²) >= 11 is 0. The van der Waals surface area contributed by atoms with E-state index in [0.717, 1.165) is 38.5 Å². The van der Waals surface area contributed by atoms with Crippen LogP contribution >= 0.6 is 0 Å². The molecular weight excluding hydrogens is 466 g/mol. The molecule has 0 radical (unpaired) electrons. The first-order valence-corrected chi connectivity index (χ1v) is 13.7. The fourth-order valence-electron chi connectivity index (χ4n) is 5.00. The molecule has 0 bridgehead atoms. The molecule has 0 aromatic heterocycles. The van der Waals surface area contributed by atoms with Crippen LogP contribution < -0.4 is 4.90 Å². The molecule has 2 aromatic carbocycles. The Morgan fingerprint density at radius 1 is 0.838 bits per heavy atom. The molecule has 3 amide bonds. The number of benzene rings is 2. The van der Waals surface area contributed by atoms with E-state index in [9.17, 15) is 19.5 Å². The number of piperidine rings is 1. The maximum absolute atomic E-state index is 13.9. The average molecular weight is 508 g/mol. The van der Waals surface area contributed by atoms with Crippen LogP contribution in [0, 0.1) is 5.92 Å². The zero-order chi connectivity index (χ0) is 26.6. The van der Waals surface area contributed by atoms with Crippen molar-refractivity contribution in [1.82, 2.24) is 9.80 Å². The largest absolute Gasteiger partial charge is 0.480 e. The van der Waals surface area contributed by atoms with Gasteiger partial charge >= 0.3 is 12.0 Å². The number of carboxylic acid groups (broad SMARTS) is 1. The van der Waals surface area contributed by atoms with E-state index in [1.54, 1.807) is 4.90 Å². The number of aliphatic carboxylic acids is 1. The van der Waals surface area contributed by atoms with Crippen LogP contribution in [0.5, 0.6) is 0 Å². The Hall–Kier alpha value is -3.35. The normalized spacial score (nSPS) is 17.3. The summed E-state index contributed by atoms with van der Waals surface area (Å²) in [5, 5.41) is 10.1. The number of unbranched alkanes of at least 4 members (excludes halogenated alkanes) is 4. The van der Waals surface area contributed by atoms with Crippen LogP contribution in [0.1, 0.15) is 65.2 Å². The van der Waals surface area contributed by atoms with E-state index in [-0.39, 0.29) is 18.9 Å². The first-order chi connectivity index (χ1) is 18.0. The minimum Gasteiger partial charge on any atom is -0.480 e. The van der Waals surface area contributed by atoms with Crippen LogP contribution in [0.3, 0.4) is 0 Å². The molecule has 1 heterocycles. The molecule has 0 spiro atoms. The van der Waals surface area contributed by atoms with Crippen molar-refractivity contribution in [3.63, 3.8) is 0 Å². The highest BCUT2D eigenvalue weighted by Crippen LogP contribution is 2.31. The number of amides is 3. The highest BCUT2D eigenvalue weighted by Gasteiger charge is 2.41. The average Bonchev–Trinajstić information content (AvgIpc) is 2.93. The highest BCUT2D eigenvalue weighted by atomic mass is 16.4. The van der Waals surface area contributed by atoms with Crippen molar-refractivity contribution in [2.45, 2.75) is 71.3 Å². The number of urea groups is 1. The van der Waals surface area contributed by atoms with Crippen LogP contribution in [-0.4, -0.2) is 58.5 Å². The van der Waals surface area contributed by atoms with Crippen molar-refractivity contribution in [1.29, 1.82) is 0 Å². The second-order valence-electron chi connectivity index (χ2n) is 9.80. The van der Waals surface area contributed by atoms with E-state index in [1.165, 1.54) is 4.90 Å². The second kappa shape index (κ2) is 14.4. The molecule has 1 aliphatic heterocycles. The van der Waals surface area contributed by atoms with Crippen LogP contribution in [0.4, 0.5) is 16.2 Å². The Bertz CT molecular complexity index is 949. The molecule has 3 rings (SSSR count). The Kier molecular flexibility index (Phi) is 11.0. The zero-order valence-corrected chi connectivity index (χ0v) is 22.2. The van der Waals surface area contributed by atoms with Crippen molar-refractivity contribution in [2.75, 3.05) is 24.5 Å². The molecule has 2 atom stereocenters. The van der Waals surface area contributed by atoms with Crippen LogP contribution in [-0.2, 0) is 9.59 Å². The molecule has 1 fully saturated rings. The van der Waals surface area contributed by atoms with E-state index in [0.29, 0.717) is 30.9 Å². The molecule has 0 aliphatic carbocycles. The standard InChI is InChI=1S/C30H41N3O4/c1-3-5-13-20-31(21-14-6-4-2)28(34)24-19-22-32(27(23-24)29(35)36)30(37)33(25-15-9-7-10-16-25)26-17-11-8-12-18-26/h7-12,15-18,24,27H,3-6,13-14,19-23H2,1-2H3,(H,35,36)/t24-,27-/m1/s1. The SMILES string of the molecule is CCCCCN(CCCCC)C(=O)[C@@H]1CCN(C(=O)N(c2ccccc2)c2ccccc2)[C@@H](C(=O)O)C1. The van der Waals surface area contributed by atoms with E-state index in [2.05, 4.69) is 13.8 Å². The monoisotopic (exact) mass is 507 g/mol. The van der Waals surface area contributed by atoms with E-state index in [1.807, 2.05) is 65.6 Å². The van der Waals surface area contributed by atoms with Gasteiger partial charge in [0.1, 0.15) is 6.04 Å². The van der Waals surface area contributed by atoms with Gasteiger partial charge in [-0.2, -0.15) is 0 Å². The Morgan fingerprint density at radius 2 is 1.35 bits per heavy atom. The topological polar surface area (TPSA) is 81.2 Å². The summed E-state index contributed by atoms with van der Waals surface area (Å²) in [4.78, 5) is 44.7. The molecule has 1 saturated heterocycles. The summed E-state index contributed by atoms with van der Waals surface area (Å²) in [6.45, 7) is 5.93. The van der Waals surface area contributed by atoms with Gasteiger partial charge in [-0.1, -0.05) is 75.9 Å². The molecule has 37 heavy (non-hydrogen) atoms. The third-order valence-electron chi connectivity index (χ3n) is 7.08. The number of likely N-dealkylation sites (tertiary alicyclic amines) is 1. The maximum Gasteiger partial charge on any atom is 0.329 e. The van der Waals surface area contributed by atoms with Crippen LogP contribution in [0.25, 0.3) is 0 Å². The second-order valence-corrected chi connectivity index (χ2v) is 9.80. The number of rotatable bonds is 12. The van der Waals surface area contributed by atoms with Crippen molar-refractivity contribution >= 4 is 29.3 Å². The quantitative estimate of drug-likeness (QED) is 0.341. The summed E-state index contributed by atoms with van der Waals surface area (Å²) in [6.07, 6.45) is 6.80. The third kappa shape index (κ3) is 7.57. The number of para-hydroxylation sites is 2. The lowest BCUT2D eigenvalue weighted by Gasteiger charge is -2.40. The lowest BCUT2D eigenvalue weighted by Crippen LogP contribution is -2.55. The van der Waals surface area contributed by atoms with Gasteiger partial charge in [0.25, 0.3) is 0 Å². The van der Waals surface area contributed by atoms with Crippen molar-refractivity contribution in [3.8, 4) is 0 Å². The minimum atomic E-state index is -1.07. The van der Waals surface area contributed by atoms with Gasteiger partial charge in [0.05, 0.1) is 11.4 Å². The van der Waals surface area contributed by atoms with Gasteiger partial charge in [0.15, 0.2) is 0 Å². The molecule has 0 unspecified atom stereocenters. The number of anilines is 2. The van der Waals surface area contributed by atoms with Crippen LogP contribution in [0.15, 0.2) is 60.7 Å². The smallest absolute Gasteiger partial charge is 0.329 e. The van der Waals surface area contributed by atoms with Crippen LogP contribution in [0.2, 0.25) is 0 Å². The van der Waals surface area contributed by atoms with Crippen molar-refractivity contribution in [3.05, 3.63) is 60.7 Å². The minimum absolute atomic E-state index is 0.0357. The Labute approximate surface area is 221 Å². The summed E-state index contributed by atoms with van der Waals surface area (Å²) in [5.74, 6) is -1.43. The van der Waals surface area contributed by atoms with Gasteiger partial charge in [-0.15, -0.1) is 0 Å². The summed E-state index contributed by atoms with van der Waals surface area (Å²) in [7, 11) is 0. The number of carbonyl (C=O) groups is 3. The van der Waals surface area contributed by atoms with E-state index >= 15 is 0 Å². The van der Waals surface area contributed by atoms with Gasteiger partial charge in [0.2, 0.25) is 5.91 Å². The van der Waals surface area contributed by atoms with E-state index in [4.69, 9.17) is 0 Å². The number of carboxylic acids is 1. The molecule has 2 aromatic rings. The lowest BCUT2D eigenvalue weighted by molar-refractivity contribution is -0.146. The number of hydrogen-bond acceptors (Lipinski definition) is 3. The fourth-order valence-corrected chi connectivity index (χ4v) is 5.00. The predicted molar refractivity (Wildman–Crippen MR) is 147 cm³/mol. The Morgan fingerprint density at radius 3 is 1.81 bits per heavy atom. The molecule has 1 N–H and O–H groups in total. The number of nitrogens with zero attached hydrogens (tertiary/aromatic N) is 3. The highest BCUT2D eigenvalue weighted by molar-refractivity contribution is 6.01. The molecule has 1 aliphatic rings. The summed E-state index contributed by atoms with van der Waals surface area (Å²) < 4.78 is 0. The maximum atomic E-state index is 13.9.